The quantitative estimate of drug-likeness (QED) is 0.0847. The van der Waals surface area contributed by atoms with Crippen LogP contribution in [0.1, 0.15) is 80.1 Å². The fourth-order valence-electron chi connectivity index (χ4n) is 6.23. The van der Waals surface area contributed by atoms with Gasteiger partial charge in [-0.2, -0.15) is 0 Å². The summed E-state index contributed by atoms with van der Waals surface area (Å²) in [5.41, 5.74) is 6.90. The molecule has 2 N–H and O–H groups in total. The molecule has 274 valence electrons. The van der Waals surface area contributed by atoms with E-state index in [1.807, 2.05) is 62.4 Å². The molecule has 0 unspecified atom stereocenters. The molecule has 0 saturated heterocycles. The zero-order valence-electron chi connectivity index (χ0n) is 30.6. The summed E-state index contributed by atoms with van der Waals surface area (Å²) < 4.78 is 15.7. The van der Waals surface area contributed by atoms with Crippen LogP contribution < -0.4 is 10.6 Å². The summed E-state index contributed by atoms with van der Waals surface area (Å²) in [5, 5.41) is 6.71. The van der Waals surface area contributed by atoms with E-state index in [-0.39, 0.29) is 30.4 Å². The molecule has 0 spiro atoms. The number of benzene rings is 3. The third kappa shape index (κ3) is 10.2. The molecule has 10 heteroatoms. The van der Waals surface area contributed by atoms with Crippen LogP contribution in [0, 0.1) is 0 Å². The van der Waals surface area contributed by atoms with E-state index in [1.165, 1.54) is 22.5 Å². The Bertz CT molecular complexity index is 1850. The van der Waals surface area contributed by atoms with Crippen LogP contribution in [0.2, 0.25) is 0 Å². The molecule has 0 fully saturated rings. The molecule has 9 nitrogen and oxygen atoms in total. The smallest absolute Gasteiger partial charge is 0.258 e. The first-order valence-electron chi connectivity index (χ1n) is 17.8. The van der Waals surface area contributed by atoms with Crippen molar-refractivity contribution in [2.45, 2.75) is 65.0 Å². The number of amides is 3. The number of aryl methyl sites for hydroxylation is 3. The van der Waals surface area contributed by atoms with Crippen molar-refractivity contribution in [2.24, 2.45) is 0 Å². The normalized spacial score (nSPS) is 12.2. The van der Waals surface area contributed by atoms with Gasteiger partial charge in [0.05, 0.1) is 25.9 Å². The van der Waals surface area contributed by atoms with Crippen LogP contribution in [0.4, 0.5) is 10.7 Å². The van der Waals surface area contributed by atoms with Gasteiger partial charge in [0, 0.05) is 41.4 Å². The Morgan fingerprint density at radius 2 is 1.52 bits per heavy atom. The molecule has 52 heavy (non-hydrogen) atoms. The van der Waals surface area contributed by atoms with E-state index < -0.39 is 0 Å². The van der Waals surface area contributed by atoms with Crippen molar-refractivity contribution < 1.29 is 28.6 Å². The Morgan fingerprint density at radius 3 is 2.19 bits per heavy atom. The van der Waals surface area contributed by atoms with Crippen LogP contribution in [0.3, 0.4) is 0 Å². The first-order valence-corrected chi connectivity index (χ1v) is 18.6. The maximum atomic E-state index is 13.9. The summed E-state index contributed by atoms with van der Waals surface area (Å²) in [6, 6.07) is 23.4. The SMILES string of the molecule is C=C(OC)c1ccc(CCc2ccc(NC(=O)c3c(NC(=O)c4cccc(CN(C(=O)COCCOC)C(C)C)c4)sc4c3CCCC4)cc2)cc1. The molecule has 0 aliphatic heterocycles. The Morgan fingerprint density at radius 1 is 0.827 bits per heavy atom. The minimum Gasteiger partial charge on any atom is -0.497 e. The van der Waals surface area contributed by atoms with Gasteiger partial charge in [0.2, 0.25) is 5.91 Å². The monoisotopic (exact) mass is 723 g/mol. The van der Waals surface area contributed by atoms with Crippen LogP contribution in [-0.2, 0) is 51.2 Å². The van der Waals surface area contributed by atoms with Gasteiger partial charge in [-0.3, -0.25) is 14.4 Å². The molecular weight excluding hydrogens is 675 g/mol. The van der Waals surface area contributed by atoms with Gasteiger partial charge >= 0.3 is 0 Å². The van der Waals surface area contributed by atoms with E-state index in [2.05, 4.69) is 29.3 Å². The summed E-state index contributed by atoms with van der Waals surface area (Å²) in [4.78, 5) is 43.3. The van der Waals surface area contributed by atoms with E-state index in [1.54, 1.807) is 31.3 Å². The average molecular weight is 724 g/mol. The third-order valence-corrected chi connectivity index (χ3v) is 10.4. The third-order valence-electron chi connectivity index (χ3n) is 9.21. The lowest BCUT2D eigenvalue weighted by atomic mass is 9.95. The molecule has 5 rings (SSSR count). The minimum absolute atomic E-state index is 0.0397. The highest BCUT2D eigenvalue weighted by Gasteiger charge is 2.27. The first kappa shape index (κ1) is 38.5. The molecule has 1 heterocycles. The molecule has 0 saturated carbocycles. The number of thiophene rings is 1. The molecule has 0 bridgehead atoms. The number of rotatable bonds is 17. The van der Waals surface area contributed by atoms with Crippen LogP contribution in [-0.4, -0.2) is 62.7 Å². The Hall–Kier alpha value is -4.77. The fourth-order valence-corrected chi connectivity index (χ4v) is 7.51. The van der Waals surface area contributed by atoms with E-state index >= 15 is 0 Å². The highest BCUT2D eigenvalue weighted by atomic mass is 32.1. The summed E-state index contributed by atoms with van der Waals surface area (Å²) in [5.74, 6) is -0.0189. The summed E-state index contributed by atoms with van der Waals surface area (Å²) in [6.45, 7) is 8.86. The van der Waals surface area contributed by atoms with Gasteiger partial charge in [0.15, 0.2) is 0 Å². The van der Waals surface area contributed by atoms with Crippen LogP contribution >= 0.6 is 11.3 Å². The van der Waals surface area contributed by atoms with Gasteiger partial charge in [-0.1, -0.05) is 55.1 Å². The van der Waals surface area contributed by atoms with Gasteiger partial charge in [-0.25, -0.2) is 0 Å². The van der Waals surface area contributed by atoms with Gasteiger partial charge in [0.1, 0.15) is 17.4 Å². The van der Waals surface area contributed by atoms with Gasteiger partial charge in [-0.15, -0.1) is 11.3 Å². The summed E-state index contributed by atoms with van der Waals surface area (Å²) >= 11 is 1.49. The lowest BCUT2D eigenvalue weighted by molar-refractivity contribution is -0.139. The minimum atomic E-state index is -0.303. The van der Waals surface area contributed by atoms with E-state index in [4.69, 9.17) is 14.2 Å². The number of nitrogens with one attached hydrogen (secondary N) is 2. The number of nitrogens with zero attached hydrogens (tertiary/aromatic N) is 1. The second-order valence-electron chi connectivity index (χ2n) is 13.2. The zero-order valence-corrected chi connectivity index (χ0v) is 31.4. The number of anilines is 2. The standard InChI is InChI=1S/C42H49N3O6S/c1-28(2)45(38(46)27-51-24-23-49-4)26-32-9-8-10-34(25-32)40(47)44-42-39(36-11-6-7-12-37(36)52-42)41(48)43-35-21-17-31(18-22-35)14-13-30-15-19-33(20-16-30)29(3)50-5/h8-10,15-22,25,28H,3,6-7,11-14,23-24,26-27H2,1-2,4-5H3,(H,43,48)(H,44,47). The Balaban J connectivity index is 1.24. The van der Waals surface area contributed by atoms with Gasteiger partial charge in [-0.05, 0) is 98.9 Å². The largest absolute Gasteiger partial charge is 0.497 e. The highest BCUT2D eigenvalue weighted by molar-refractivity contribution is 7.17. The number of carbonyl (C=O) groups excluding carboxylic acids is 3. The van der Waals surface area contributed by atoms with Crippen molar-refractivity contribution in [1.82, 2.24) is 4.90 Å². The van der Waals surface area contributed by atoms with E-state index in [0.717, 1.165) is 60.1 Å². The predicted molar refractivity (Wildman–Crippen MR) is 208 cm³/mol. The molecule has 3 aromatic carbocycles. The molecule has 1 aliphatic rings. The molecular formula is C42H49N3O6S. The Labute approximate surface area is 311 Å². The molecule has 1 aromatic heterocycles. The van der Waals surface area contributed by atoms with E-state index in [9.17, 15) is 14.4 Å². The van der Waals surface area contributed by atoms with Crippen LogP contribution in [0.15, 0.2) is 79.4 Å². The van der Waals surface area contributed by atoms with Crippen molar-refractivity contribution in [3.05, 3.63) is 123 Å². The lowest BCUT2D eigenvalue weighted by Crippen LogP contribution is -2.39. The fraction of sp³-hybridized carbons (Fsp3) is 0.357. The number of fused-ring (bicyclic) bond motifs is 1. The average Bonchev–Trinajstić information content (AvgIpc) is 3.53. The number of hydrogen-bond acceptors (Lipinski definition) is 7. The molecule has 4 aromatic rings. The summed E-state index contributed by atoms with van der Waals surface area (Å²) in [7, 11) is 3.20. The van der Waals surface area contributed by atoms with Crippen molar-refractivity contribution >= 4 is 45.5 Å². The summed E-state index contributed by atoms with van der Waals surface area (Å²) in [6.07, 6.45) is 5.49. The van der Waals surface area contributed by atoms with Crippen molar-refractivity contribution in [1.29, 1.82) is 0 Å². The maximum Gasteiger partial charge on any atom is 0.258 e. The number of carbonyl (C=O) groups is 3. The number of hydrogen-bond donors (Lipinski definition) is 2. The van der Waals surface area contributed by atoms with Crippen molar-refractivity contribution in [2.75, 3.05) is 44.7 Å². The second-order valence-corrected chi connectivity index (χ2v) is 14.3. The lowest BCUT2D eigenvalue weighted by Gasteiger charge is -2.27. The van der Waals surface area contributed by atoms with Crippen LogP contribution in [0.25, 0.3) is 5.76 Å². The molecule has 3 amide bonds. The highest BCUT2D eigenvalue weighted by Crippen LogP contribution is 2.39. The van der Waals surface area contributed by atoms with Gasteiger partial charge < -0.3 is 29.7 Å². The van der Waals surface area contributed by atoms with E-state index in [0.29, 0.717) is 47.3 Å². The topological polar surface area (TPSA) is 106 Å². The second kappa shape index (κ2) is 18.6. The Kier molecular flexibility index (Phi) is 13.8. The first-order chi connectivity index (χ1) is 25.2. The number of ether oxygens (including phenoxy) is 3. The molecule has 1 aliphatic carbocycles. The van der Waals surface area contributed by atoms with Crippen molar-refractivity contribution in [3.8, 4) is 0 Å². The van der Waals surface area contributed by atoms with Crippen molar-refractivity contribution in [3.63, 3.8) is 0 Å². The van der Waals surface area contributed by atoms with Crippen LogP contribution in [0.5, 0.6) is 0 Å². The van der Waals surface area contributed by atoms with Gasteiger partial charge in [0.25, 0.3) is 11.8 Å². The molecule has 0 radical (unpaired) electrons. The zero-order chi connectivity index (χ0) is 37.0. The predicted octanol–water partition coefficient (Wildman–Crippen LogP) is 7.93. The molecule has 0 atom stereocenters. The number of methoxy groups -OCH3 is 2. The maximum absolute atomic E-state index is 13.9.